The number of benzene rings is 5. The van der Waals surface area contributed by atoms with Gasteiger partial charge in [0.2, 0.25) is 0 Å². The van der Waals surface area contributed by atoms with Crippen molar-refractivity contribution in [3.63, 3.8) is 0 Å². The minimum absolute atomic E-state index is 0.531. The molecule has 196 valence electrons. The van der Waals surface area contributed by atoms with E-state index in [1.807, 2.05) is 0 Å². The molecule has 0 saturated heterocycles. The molecule has 5 aromatic carbocycles. The van der Waals surface area contributed by atoms with E-state index in [0.717, 1.165) is 12.8 Å². The Bertz CT molecular complexity index is 1690. The molecule has 0 fully saturated rings. The van der Waals surface area contributed by atoms with E-state index in [2.05, 4.69) is 170 Å². The molecule has 5 aromatic rings. The summed E-state index contributed by atoms with van der Waals surface area (Å²) in [5, 5.41) is 0. The lowest BCUT2D eigenvalue weighted by Gasteiger charge is -2.39. The first-order valence-electron chi connectivity index (χ1n) is 14.5. The van der Waals surface area contributed by atoms with Crippen LogP contribution in [0.1, 0.15) is 46.2 Å². The zero-order valence-electron chi connectivity index (χ0n) is 23.1. The molecule has 0 heterocycles. The Morgan fingerprint density at radius 3 is 1.34 bits per heavy atom. The summed E-state index contributed by atoms with van der Waals surface area (Å²) in [5.74, 6) is 0. The van der Waals surface area contributed by atoms with Gasteiger partial charge in [0.1, 0.15) is 0 Å². The molecule has 0 radical (unpaired) electrons. The average Bonchev–Trinajstić information content (AvgIpc) is 3.79. The van der Waals surface area contributed by atoms with Crippen molar-refractivity contribution < 1.29 is 0 Å². The first-order chi connectivity index (χ1) is 20.4. The maximum Gasteiger partial charge on any atom is 0.0707 e. The summed E-state index contributed by atoms with van der Waals surface area (Å²) in [6, 6.07) is 49.0. The quantitative estimate of drug-likeness (QED) is 0.186. The average molecular weight is 525 g/mol. The van der Waals surface area contributed by atoms with Crippen LogP contribution in [0.3, 0.4) is 0 Å². The molecule has 0 atom stereocenters. The van der Waals surface area contributed by atoms with Crippen LogP contribution in [-0.2, 0) is 5.41 Å². The molecule has 0 aliphatic heterocycles. The van der Waals surface area contributed by atoms with Gasteiger partial charge in [-0.05, 0) is 68.5 Å². The lowest BCUT2D eigenvalue weighted by molar-refractivity contribution is 0.746. The third kappa shape index (κ3) is 4.33. The van der Waals surface area contributed by atoms with Gasteiger partial charge in [-0.3, -0.25) is 0 Å². The molecular formula is C41H32. The van der Waals surface area contributed by atoms with Crippen molar-refractivity contribution in [2.24, 2.45) is 0 Å². The van der Waals surface area contributed by atoms with Crippen molar-refractivity contribution in [1.29, 1.82) is 0 Å². The molecule has 0 nitrogen and oxygen atoms in total. The van der Waals surface area contributed by atoms with E-state index in [1.54, 1.807) is 0 Å². The number of rotatable bonds is 7. The van der Waals surface area contributed by atoms with E-state index in [1.165, 1.54) is 55.7 Å². The molecule has 0 saturated carbocycles. The molecule has 0 unspecified atom stereocenters. The van der Waals surface area contributed by atoms with Crippen LogP contribution in [0.15, 0.2) is 170 Å². The maximum absolute atomic E-state index is 2.41. The third-order valence-corrected chi connectivity index (χ3v) is 8.50. The largest absolute Gasteiger partial charge is 0.0801 e. The molecule has 41 heavy (non-hydrogen) atoms. The molecule has 0 aromatic heterocycles. The Morgan fingerprint density at radius 1 is 0.415 bits per heavy atom. The van der Waals surface area contributed by atoms with Crippen LogP contribution in [0, 0.1) is 0 Å². The fraction of sp³-hybridized carbons (Fsp3) is 0.0732. The Hall–Kier alpha value is -4.94. The normalized spacial score (nSPS) is 14.2. The van der Waals surface area contributed by atoms with E-state index < -0.39 is 5.41 Å². The summed E-state index contributed by atoms with van der Waals surface area (Å²) in [7, 11) is 0. The fourth-order valence-electron chi connectivity index (χ4n) is 6.73. The highest BCUT2D eigenvalue weighted by Crippen LogP contribution is 2.52. The van der Waals surface area contributed by atoms with E-state index in [9.17, 15) is 0 Å². The summed E-state index contributed by atoms with van der Waals surface area (Å²) in [6.45, 7) is 0. The van der Waals surface area contributed by atoms with Crippen LogP contribution in [0.25, 0.3) is 22.3 Å². The van der Waals surface area contributed by atoms with Gasteiger partial charge in [0.05, 0.1) is 5.41 Å². The monoisotopic (exact) mass is 524 g/mol. The van der Waals surface area contributed by atoms with Crippen LogP contribution in [0.2, 0.25) is 0 Å². The molecule has 7 rings (SSSR count). The summed E-state index contributed by atoms with van der Waals surface area (Å²) in [5.41, 5.74) is 12.5. The lowest BCUT2D eigenvalue weighted by Crippen LogP contribution is -2.32. The van der Waals surface area contributed by atoms with Gasteiger partial charge in [0.15, 0.2) is 0 Å². The van der Waals surface area contributed by atoms with Crippen LogP contribution in [0.5, 0.6) is 0 Å². The van der Waals surface area contributed by atoms with Gasteiger partial charge >= 0.3 is 0 Å². The second-order valence-corrected chi connectivity index (χ2v) is 10.8. The molecule has 2 aliphatic rings. The van der Waals surface area contributed by atoms with Gasteiger partial charge < -0.3 is 0 Å². The van der Waals surface area contributed by atoms with Crippen molar-refractivity contribution in [3.8, 4) is 11.1 Å². The van der Waals surface area contributed by atoms with Gasteiger partial charge in [-0.1, -0.05) is 170 Å². The molecule has 2 aliphatic carbocycles. The van der Waals surface area contributed by atoms with Gasteiger partial charge in [-0.2, -0.15) is 0 Å². The Labute approximate surface area is 243 Å². The molecular weight excluding hydrogens is 492 g/mol. The van der Waals surface area contributed by atoms with E-state index in [0.29, 0.717) is 0 Å². The van der Waals surface area contributed by atoms with E-state index in [-0.39, 0.29) is 0 Å². The fourth-order valence-corrected chi connectivity index (χ4v) is 6.73. The number of allylic oxidation sites excluding steroid dienone is 8. The lowest BCUT2D eigenvalue weighted by atomic mass is 9.62. The standard InChI is InChI=1S/C41H32/c1-5-19-33(20-6-1)40-38(30-29-37(31-17-13-14-18-31)39(40)32-21-15-16-22-32)41(34-23-7-2-8-24-34,35-25-9-3-10-26-35)36-27-11-4-12-28-36/h1-17,19-21,23-30H,18,22H2. The van der Waals surface area contributed by atoms with Crippen LogP contribution in [-0.4, -0.2) is 0 Å². The summed E-state index contributed by atoms with van der Waals surface area (Å²) in [4.78, 5) is 0. The molecule has 0 heteroatoms. The predicted octanol–water partition coefficient (Wildman–Crippen LogP) is 10.4. The zero-order chi connectivity index (χ0) is 27.5. The van der Waals surface area contributed by atoms with Crippen molar-refractivity contribution >= 4 is 11.1 Å². The van der Waals surface area contributed by atoms with E-state index >= 15 is 0 Å². The zero-order valence-corrected chi connectivity index (χ0v) is 23.1. The Morgan fingerprint density at radius 2 is 0.878 bits per heavy atom. The van der Waals surface area contributed by atoms with Crippen LogP contribution in [0.4, 0.5) is 0 Å². The third-order valence-electron chi connectivity index (χ3n) is 8.50. The smallest absolute Gasteiger partial charge is 0.0707 e. The second kappa shape index (κ2) is 10.9. The molecule has 0 spiro atoms. The summed E-state index contributed by atoms with van der Waals surface area (Å²) < 4.78 is 0. The highest BCUT2D eigenvalue weighted by Gasteiger charge is 2.41. The Balaban J connectivity index is 1.68. The highest BCUT2D eigenvalue weighted by molar-refractivity contribution is 5.94. The van der Waals surface area contributed by atoms with Gasteiger partial charge in [0, 0.05) is 0 Å². The van der Waals surface area contributed by atoms with Crippen molar-refractivity contribution in [1.82, 2.24) is 0 Å². The SMILES string of the molecule is C1=CCC(c2ccc(C(c3ccccc3)(c3ccccc3)c3ccccc3)c(-c3ccccc3)c2C2=CC=CC2)=C1. The number of hydrogen-bond donors (Lipinski definition) is 0. The van der Waals surface area contributed by atoms with Gasteiger partial charge in [0.25, 0.3) is 0 Å². The minimum Gasteiger partial charge on any atom is -0.0801 e. The summed E-state index contributed by atoms with van der Waals surface area (Å²) >= 11 is 0. The van der Waals surface area contributed by atoms with Crippen molar-refractivity contribution in [2.45, 2.75) is 18.3 Å². The first-order valence-corrected chi connectivity index (χ1v) is 14.5. The maximum atomic E-state index is 2.41. The molecule has 0 amide bonds. The first kappa shape index (κ1) is 25.1. The predicted molar refractivity (Wildman–Crippen MR) is 174 cm³/mol. The second-order valence-electron chi connectivity index (χ2n) is 10.8. The molecule has 0 N–H and O–H groups in total. The topological polar surface area (TPSA) is 0 Å². The summed E-state index contributed by atoms with van der Waals surface area (Å²) in [6.07, 6.45) is 15.4. The molecule has 0 bridgehead atoms. The highest BCUT2D eigenvalue weighted by atomic mass is 14.4. The Kier molecular flexibility index (Phi) is 6.67. The van der Waals surface area contributed by atoms with Crippen molar-refractivity contribution in [3.05, 3.63) is 203 Å². The van der Waals surface area contributed by atoms with Crippen LogP contribution < -0.4 is 0 Å². The minimum atomic E-state index is -0.531. The van der Waals surface area contributed by atoms with Crippen LogP contribution >= 0.6 is 0 Å². The number of hydrogen-bond acceptors (Lipinski definition) is 0. The van der Waals surface area contributed by atoms with Gasteiger partial charge in [-0.15, -0.1) is 0 Å². The van der Waals surface area contributed by atoms with Gasteiger partial charge in [-0.25, -0.2) is 0 Å². The van der Waals surface area contributed by atoms with E-state index in [4.69, 9.17) is 0 Å². The van der Waals surface area contributed by atoms with Crippen molar-refractivity contribution in [2.75, 3.05) is 0 Å².